The zero-order chi connectivity index (χ0) is 13.7. The molecule has 0 atom stereocenters. The molecule has 0 radical (unpaired) electrons. The van der Waals surface area contributed by atoms with E-state index in [-0.39, 0.29) is 28.0 Å². The molecule has 0 saturated carbocycles. The molecular weight excluding hydrogens is 260 g/mol. The van der Waals surface area contributed by atoms with E-state index in [2.05, 4.69) is 19.8 Å². The normalized spacial score (nSPS) is 9.72. The number of hydrogen-bond acceptors (Lipinski definition) is 8. The van der Waals surface area contributed by atoms with Crippen LogP contribution >= 0.6 is 11.3 Å². The molecule has 1 rings (SSSR count). The van der Waals surface area contributed by atoms with Crippen LogP contribution in [0.4, 0.5) is 5.13 Å². The van der Waals surface area contributed by atoms with Crippen LogP contribution in [0.5, 0.6) is 0 Å². The lowest BCUT2D eigenvalue weighted by molar-refractivity contribution is -0.138. The third-order valence-corrected chi connectivity index (χ3v) is 3.05. The summed E-state index contributed by atoms with van der Waals surface area (Å²) in [4.78, 5) is 37.8. The average Bonchev–Trinajstić information content (AvgIpc) is 2.79. The number of anilines is 1. The highest BCUT2D eigenvalue weighted by Crippen LogP contribution is 2.24. The summed E-state index contributed by atoms with van der Waals surface area (Å²) in [6.45, 7) is 1.23. The van der Waals surface area contributed by atoms with Gasteiger partial charge in [-0.2, -0.15) is 0 Å². The molecule has 0 aliphatic rings. The van der Waals surface area contributed by atoms with Gasteiger partial charge in [0.15, 0.2) is 16.6 Å². The summed E-state index contributed by atoms with van der Waals surface area (Å²) in [5.41, 5.74) is -0.0534. The van der Waals surface area contributed by atoms with Gasteiger partial charge < -0.3 is 14.8 Å². The number of nitrogens with zero attached hydrogens (tertiary/aromatic N) is 1. The van der Waals surface area contributed by atoms with E-state index in [1.807, 2.05) is 0 Å². The second kappa shape index (κ2) is 6.10. The molecule has 98 valence electrons. The summed E-state index contributed by atoms with van der Waals surface area (Å²) >= 11 is 0.983. The first-order valence-corrected chi connectivity index (χ1v) is 5.72. The number of ketones is 1. The number of rotatable bonds is 5. The minimum atomic E-state index is -0.692. The lowest BCUT2D eigenvalue weighted by Gasteiger charge is -1.99. The van der Waals surface area contributed by atoms with Crippen molar-refractivity contribution in [3.8, 4) is 0 Å². The summed E-state index contributed by atoms with van der Waals surface area (Å²) in [6.07, 6.45) is 0. The van der Waals surface area contributed by atoms with E-state index >= 15 is 0 Å². The number of ether oxygens (including phenoxy) is 2. The SMILES string of the molecule is COC(=O)CNc1nc(C(=O)OC)c(C(C)=O)s1. The Balaban J connectivity index is 2.92. The van der Waals surface area contributed by atoms with Crippen LogP contribution < -0.4 is 5.32 Å². The monoisotopic (exact) mass is 272 g/mol. The van der Waals surface area contributed by atoms with Gasteiger partial charge in [0.25, 0.3) is 0 Å². The van der Waals surface area contributed by atoms with E-state index in [4.69, 9.17) is 0 Å². The van der Waals surface area contributed by atoms with Gasteiger partial charge in [0, 0.05) is 6.92 Å². The number of aromatic nitrogens is 1. The molecule has 0 aromatic carbocycles. The number of nitrogens with one attached hydrogen (secondary N) is 1. The second-order valence-electron chi connectivity index (χ2n) is 3.17. The van der Waals surface area contributed by atoms with E-state index in [1.54, 1.807) is 0 Å². The zero-order valence-corrected chi connectivity index (χ0v) is 10.9. The molecule has 0 aliphatic carbocycles. The van der Waals surface area contributed by atoms with Gasteiger partial charge >= 0.3 is 11.9 Å². The van der Waals surface area contributed by atoms with Gasteiger partial charge in [-0.25, -0.2) is 9.78 Å². The number of hydrogen-bond donors (Lipinski definition) is 1. The maximum Gasteiger partial charge on any atom is 0.358 e. The predicted octanol–water partition coefficient (Wildman–Crippen LogP) is 0.717. The van der Waals surface area contributed by atoms with Crippen LogP contribution in [0.2, 0.25) is 0 Å². The van der Waals surface area contributed by atoms with E-state index < -0.39 is 11.9 Å². The van der Waals surface area contributed by atoms with Gasteiger partial charge in [-0.3, -0.25) is 9.59 Å². The van der Waals surface area contributed by atoms with E-state index in [9.17, 15) is 14.4 Å². The summed E-state index contributed by atoms with van der Waals surface area (Å²) in [6, 6.07) is 0. The largest absolute Gasteiger partial charge is 0.468 e. The minimum Gasteiger partial charge on any atom is -0.468 e. The summed E-state index contributed by atoms with van der Waals surface area (Å²) in [5, 5.41) is 2.95. The van der Waals surface area contributed by atoms with Crippen molar-refractivity contribution in [2.24, 2.45) is 0 Å². The third-order valence-electron chi connectivity index (χ3n) is 1.94. The Labute approximate surface area is 107 Å². The number of esters is 2. The van der Waals surface area contributed by atoms with E-state index in [0.29, 0.717) is 0 Å². The molecule has 1 N–H and O–H groups in total. The van der Waals surface area contributed by atoms with Gasteiger partial charge in [0.1, 0.15) is 11.4 Å². The number of methoxy groups -OCH3 is 2. The number of carbonyl (C=O) groups excluding carboxylic acids is 3. The Kier molecular flexibility index (Phi) is 4.78. The number of Topliss-reactive ketones (excluding diaryl/α,β-unsaturated/α-hetero) is 1. The van der Waals surface area contributed by atoms with Gasteiger partial charge in [-0.05, 0) is 0 Å². The van der Waals surface area contributed by atoms with Gasteiger partial charge in [-0.1, -0.05) is 11.3 Å². The molecule has 0 spiro atoms. The standard InChI is InChI=1S/C10H12N2O5S/c1-5(13)8-7(9(15)17-3)12-10(18-8)11-4-6(14)16-2/h4H2,1-3H3,(H,11,12). The summed E-state index contributed by atoms with van der Waals surface area (Å²) in [7, 11) is 2.46. The molecule has 1 heterocycles. The Morgan fingerprint density at radius 1 is 1.28 bits per heavy atom. The maximum absolute atomic E-state index is 11.4. The lowest BCUT2D eigenvalue weighted by atomic mass is 10.3. The predicted molar refractivity (Wildman–Crippen MR) is 64.0 cm³/mol. The van der Waals surface area contributed by atoms with Crippen LogP contribution in [0.15, 0.2) is 0 Å². The second-order valence-corrected chi connectivity index (χ2v) is 4.17. The van der Waals surface area contributed by atoms with Crippen LogP contribution in [-0.2, 0) is 14.3 Å². The van der Waals surface area contributed by atoms with Gasteiger partial charge in [0.05, 0.1) is 14.2 Å². The third kappa shape index (κ3) is 3.27. The molecule has 0 saturated heterocycles. The molecule has 8 heteroatoms. The first-order valence-electron chi connectivity index (χ1n) is 4.90. The molecular formula is C10H12N2O5S. The van der Waals surface area contributed by atoms with Crippen molar-refractivity contribution in [2.75, 3.05) is 26.1 Å². The fraction of sp³-hybridized carbons (Fsp3) is 0.400. The van der Waals surface area contributed by atoms with E-state index in [1.165, 1.54) is 21.1 Å². The van der Waals surface area contributed by atoms with Gasteiger partial charge in [-0.15, -0.1) is 0 Å². The minimum absolute atomic E-state index is 0.0534. The fourth-order valence-corrected chi connectivity index (χ4v) is 1.93. The van der Waals surface area contributed by atoms with Crippen LogP contribution in [0.3, 0.4) is 0 Å². The van der Waals surface area contributed by atoms with Crippen LogP contribution in [0, 0.1) is 0 Å². The summed E-state index contributed by atoms with van der Waals surface area (Å²) in [5.74, 6) is -1.46. The Hall–Kier alpha value is -1.96. The van der Waals surface area contributed by atoms with Crippen molar-refractivity contribution in [1.82, 2.24) is 4.98 Å². The molecule has 0 aliphatic heterocycles. The van der Waals surface area contributed by atoms with Crippen LogP contribution in [0.25, 0.3) is 0 Å². The van der Waals surface area contributed by atoms with Crippen molar-refractivity contribution < 1.29 is 23.9 Å². The zero-order valence-electron chi connectivity index (χ0n) is 10.1. The Morgan fingerprint density at radius 3 is 2.44 bits per heavy atom. The highest BCUT2D eigenvalue weighted by Gasteiger charge is 2.21. The Bertz CT molecular complexity index is 483. The maximum atomic E-state index is 11.4. The number of carbonyl (C=O) groups is 3. The molecule has 0 unspecified atom stereocenters. The smallest absolute Gasteiger partial charge is 0.358 e. The van der Waals surface area contributed by atoms with Gasteiger partial charge in [0.2, 0.25) is 0 Å². The average molecular weight is 272 g/mol. The summed E-state index contributed by atoms with van der Waals surface area (Å²) < 4.78 is 8.96. The molecule has 1 aromatic rings. The molecule has 0 fully saturated rings. The molecule has 1 aromatic heterocycles. The topological polar surface area (TPSA) is 94.6 Å². The van der Waals surface area contributed by atoms with Crippen molar-refractivity contribution in [3.05, 3.63) is 10.6 Å². The molecule has 0 amide bonds. The van der Waals surface area contributed by atoms with Crippen molar-refractivity contribution in [2.45, 2.75) is 6.92 Å². The lowest BCUT2D eigenvalue weighted by Crippen LogP contribution is -2.15. The fourth-order valence-electron chi connectivity index (χ4n) is 1.09. The van der Waals surface area contributed by atoms with Crippen LogP contribution in [0.1, 0.15) is 27.1 Å². The first-order chi connectivity index (χ1) is 8.49. The van der Waals surface area contributed by atoms with Crippen LogP contribution in [-0.4, -0.2) is 43.5 Å². The van der Waals surface area contributed by atoms with Crippen molar-refractivity contribution >= 4 is 34.2 Å². The van der Waals surface area contributed by atoms with Crippen molar-refractivity contribution in [1.29, 1.82) is 0 Å². The Morgan fingerprint density at radius 2 is 1.94 bits per heavy atom. The van der Waals surface area contributed by atoms with Crippen molar-refractivity contribution in [3.63, 3.8) is 0 Å². The number of thiazole rings is 1. The molecule has 7 nitrogen and oxygen atoms in total. The first kappa shape index (κ1) is 14.1. The molecule has 18 heavy (non-hydrogen) atoms. The molecule has 0 bridgehead atoms. The highest BCUT2D eigenvalue weighted by atomic mass is 32.1. The quantitative estimate of drug-likeness (QED) is 0.623. The van der Waals surface area contributed by atoms with E-state index in [0.717, 1.165) is 11.3 Å². The highest BCUT2D eigenvalue weighted by molar-refractivity contribution is 7.17.